The molecule has 1 aromatic heterocycles. The second kappa shape index (κ2) is 8.55. The predicted octanol–water partition coefficient (Wildman–Crippen LogP) is 5.03. The SMILES string of the molecule is CC(=O)/C=C(/C)O.CC1(C)c2ccc[c-]c2-c2nccc3c2-c2c1cccc2[Si]3(C)C.[Ir]. The summed E-state index contributed by atoms with van der Waals surface area (Å²) < 4.78 is 0. The van der Waals surface area contributed by atoms with Crippen molar-refractivity contribution in [3.63, 3.8) is 0 Å². The fourth-order valence-electron chi connectivity index (χ4n) is 5.03. The molecule has 167 valence electrons. The maximum Gasteiger partial charge on any atom is 0.155 e. The van der Waals surface area contributed by atoms with E-state index < -0.39 is 8.07 Å². The molecule has 3 nitrogen and oxygen atoms in total. The molecule has 2 aromatic carbocycles. The molecule has 1 N–H and O–H groups in total. The van der Waals surface area contributed by atoms with Crippen molar-refractivity contribution >= 4 is 24.2 Å². The molecule has 2 aliphatic rings. The summed E-state index contributed by atoms with van der Waals surface area (Å²) in [7, 11) is -1.66. The Labute approximate surface area is 205 Å². The molecule has 0 atom stereocenters. The van der Waals surface area contributed by atoms with Crippen LogP contribution in [-0.4, -0.2) is 23.9 Å². The van der Waals surface area contributed by atoms with Crippen molar-refractivity contribution in [1.29, 1.82) is 0 Å². The van der Waals surface area contributed by atoms with Gasteiger partial charge in [-0.25, -0.2) is 0 Å². The fraction of sp³-hybridized carbons (Fsp3) is 0.259. The monoisotopic (exact) mass is 619 g/mol. The van der Waals surface area contributed by atoms with Crippen LogP contribution in [0.2, 0.25) is 13.1 Å². The van der Waals surface area contributed by atoms with Crippen molar-refractivity contribution in [3.05, 3.63) is 77.7 Å². The Kier molecular flexibility index (Phi) is 6.49. The molecule has 1 aliphatic carbocycles. The number of benzene rings is 2. The zero-order valence-electron chi connectivity index (χ0n) is 19.3. The summed E-state index contributed by atoms with van der Waals surface area (Å²) in [5.74, 6) is -0.0625. The molecule has 0 unspecified atom stereocenters. The van der Waals surface area contributed by atoms with Gasteiger partial charge in [0, 0.05) is 32.4 Å². The number of ketones is 1. The molecular formula is C27H28IrNO2Si-. The van der Waals surface area contributed by atoms with Gasteiger partial charge in [0.2, 0.25) is 0 Å². The van der Waals surface area contributed by atoms with Gasteiger partial charge in [0.15, 0.2) is 5.78 Å². The average Bonchev–Trinajstić information content (AvgIpc) is 2.90. The first-order valence-corrected chi connectivity index (χ1v) is 13.6. The Morgan fingerprint density at radius 1 is 1.03 bits per heavy atom. The number of hydrogen-bond acceptors (Lipinski definition) is 3. The molecule has 0 bridgehead atoms. The molecule has 32 heavy (non-hydrogen) atoms. The Balaban J connectivity index is 0.000000318. The second-order valence-electron chi connectivity index (χ2n) is 9.42. The molecule has 2 heterocycles. The minimum absolute atomic E-state index is 0. The smallest absolute Gasteiger partial charge is 0.155 e. The van der Waals surface area contributed by atoms with Crippen LogP contribution in [0.4, 0.5) is 0 Å². The maximum absolute atomic E-state index is 10.0. The molecule has 0 amide bonds. The minimum atomic E-state index is -1.66. The van der Waals surface area contributed by atoms with E-state index in [1.807, 2.05) is 12.3 Å². The van der Waals surface area contributed by atoms with Crippen LogP contribution in [0, 0.1) is 6.07 Å². The number of aliphatic hydroxyl groups excluding tert-OH is 1. The summed E-state index contributed by atoms with van der Waals surface area (Å²) in [4.78, 5) is 14.9. The van der Waals surface area contributed by atoms with Crippen LogP contribution < -0.4 is 10.4 Å². The van der Waals surface area contributed by atoms with E-state index in [0.29, 0.717) is 0 Å². The van der Waals surface area contributed by atoms with Gasteiger partial charge < -0.3 is 10.1 Å². The zero-order valence-corrected chi connectivity index (χ0v) is 22.7. The molecule has 0 saturated heterocycles. The maximum atomic E-state index is 10.0. The van der Waals surface area contributed by atoms with Crippen molar-refractivity contribution in [2.45, 2.75) is 46.2 Å². The summed E-state index contributed by atoms with van der Waals surface area (Å²) in [6.45, 7) is 12.5. The van der Waals surface area contributed by atoms with E-state index in [-0.39, 0.29) is 37.1 Å². The number of carbonyl (C=O) groups excluding carboxylic acids is 1. The largest absolute Gasteiger partial charge is 0.512 e. The van der Waals surface area contributed by atoms with Gasteiger partial charge in [-0.3, -0.25) is 4.79 Å². The molecular weight excluding hydrogens is 591 g/mol. The van der Waals surface area contributed by atoms with E-state index in [9.17, 15) is 4.79 Å². The van der Waals surface area contributed by atoms with Crippen LogP contribution in [0.3, 0.4) is 0 Å². The second-order valence-corrected chi connectivity index (χ2v) is 13.7. The van der Waals surface area contributed by atoms with Crippen molar-refractivity contribution in [2.75, 3.05) is 0 Å². The summed E-state index contributed by atoms with van der Waals surface area (Å²) in [5.41, 5.74) is 7.86. The summed E-state index contributed by atoms with van der Waals surface area (Å²) in [6.07, 6.45) is 3.16. The first-order valence-electron chi connectivity index (χ1n) is 10.6. The Morgan fingerprint density at radius 2 is 1.69 bits per heavy atom. The van der Waals surface area contributed by atoms with Crippen molar-refractivity contribution < 1.29 is 30.0 Å². The van der Waals surface area contributed by atoms with E-state index >= 15 is 0 Å². The van der Waals surface area contributed by atoms with Crippen molar-refractivity contribution in [2.24, 2.45) is 0 Å². The van der Waals surface area contributed by atoms with E-state index in [4.69, 9.17) is 10.1 Å². The van der Waals surface area contributed by atoms with Crippen LogP contribution in [0.1, 0.15) is 38.8 Å². The van der Waals surface area contributed by atoms with Crippen LogP contribution in [0.15, 0.2) is 60.5 Å². The van der Waals surface area contributed by atoms with Crippen LogP contribution in [-0.2, 0) is 30.3 Å². The number of allylic oxidation sites excluding steroid dienone is 2. The Morgan fingerprint density at radius 3 is 2.31 bits per heavy atom. The molecule has 0 fully saturated rings. The molecule has 5 rings (SSSR count). The van der Waals surface area contributed by atoms with Gasteiger partial charge in [0.25, 0.3) is 0 Å². The van der Waals surface area contributed by atoms with E-state index in [2.05, 4.69) is 69.4 Å². The number of carbonyl (C=O) groups is 1. The van der Waals surface area contributed by atoms with E-state index in [1.54, 1.807) is 5.19 Å². The first-order chi connectivity index (χ1) is 14.6. The molecule has 0 spiro atoms. The number of pyridine rings is 1. The number of rotatable bonds is 1. The number of aromatic nitrogens is 1. The van der Waals surface area contributed by atoms with Crippen molar-refractivity contribution in [3.8, 4) is 22.4 Å². The molecule has 1 aliphatic heterocycles. The number of hydrogen-bond donors (Lipinski definition) is 1. The van der Waals surface area contributed by atoms with Gasteiger partial charge in [-0.15, -0.1) is 35.4 Å². The third-order valence-electron chi connectivity index (χ3n) is 6.46. The van der Waals surface area contributed by atoms with Gasteiger partial charge in [-0.1, -0.05) is 50.3 Å². The molecule has 3 aromatic rings. The number of nitrogens with zero attached hydrogens (tertiary/aromatic N) is 1. The predicted molar refractivity (Wildman–Crippen MR) is 130 cm³/mol. The zero-order chi connectivity index (χ0) is 22.6. The summed E-state index contributed by atoms with van der Waals surface area (Å²) >= 11 is 0. The van der Waals surface area contributed by atoms with Crippen LogP contribution in [0.25, 0.3) is 22.4 Å². The third kappa shape index (κ3) is 3.73. The number of aliphatic hydroxyl groups is 1. The van der Waals surface area contributed by atoms with Gasteiger partial charge in [-0.2, -0.15) is 0 Å². The average molecular weight is 619 g/mol. The van der Waals surface area contributed by atoms with Gasteiger partial charge in [0.1, 0.15) is 8.07 Å². The van der Waals surface area contributed by atoms with Gasteiger partial charge in [0.05, 0.1) is 5.76 Å². The summed E-state index contributed by atoms with van der Waals surface area (Å²) in [6, 6.07) is 19.1. The standard InChI is InChI=1S/C22H20NSi.C5H8O2.Ir/c1-22(2)15-9-6-5-8-14(15)21-20-18(12-13-23-21)24(3,4)17-11-7-10-16(22)19(17)20;1-4(6)3-5(2)7;/h5-7,9-13H,1-4H3;3,6H,1-2H3;/q-1;;/b;4-3-;. The normalized spacial score (nSPS) is 15.9. The Bertz CT molecular complexity index is 1240. The topological polar surface area (TPSA) is 50.2 Å². The first kappa shape index (κ1) is 24.3. The fourth-order valence-corrected chi connectivity index (χ4v) is 8.07. The van der Waals surface area contributed by atoms with Crippen LogP contribution >= 0.6 is 0 Å². The van der Waals surface area contributed by atoms with Gasteiger partial charge >= 0.3 is 0 Å². The molecule has 0 saturated carbocycles. The van der Waals surface area contributed by atoms with Crippen molar-refractivity contribution in [1.82, 2.24) is 4.98 Å². The van der Waals surface area contributed by atoms with Crippen LogP contribution in [0.5, 0.6) is 0 Å². The van der Waals surface area contributed by atoms with E-state index in [1.165, 1.54) is 52.9 Å². The third-order valence-corrected chi connectivity index (χ3v) is 9.99. The van der Waals surface area contributed by atoms with E-state index in [0.717, 1.165) is 5.69 Å². The Hall–Kier alpha value is -2.33. The number of fused-ring (bicyclic) bond motifs is 2. The molecule has 5 heteroatoms. The quantitative estimate of drug-likeness (QED) is 0.180. The van der Waals surface area contributed by atoms with Gasteiger partial charge in [-0.05, 0) is 52.9 Å². The molecule has 1 radical (unpaired) electrons. The minimum Gasteiger partial charge on any atom is -0.512 e. The summed E-state index contributed by atoms with van der Waals surface area (Å²) in [5, 5.41) is 11.4.